The second kappa shape index (κ2) is 7.97. The number of nitrogens with one attached hydrogen (secondary N) is 2. The summed E-state index contributed by atoms with van der Waals surface area (Å²) in [5, 5.41) is 6.61. The lowest BCUT2D eigenvalue weighted by Crippen LogP contribution is -2.29. The lowest BCUT2D eigenvalue weighted by molar-refractivity contribution is 0.0955. The van der Waals surface area contributed by atoms with Gasteiger partial charge in [-0.3, -0.25) is 4.79 Å². The number of hydrogen-bond donors (Lipinski definition) is 2. The molecule has 1 amide bonds. The van der Waals surface area contributed by atoms with Gasteiger partial charge in [-0.05, 0) is 31.0 Å². The topological polar surface area (TPSA) is 70.2 Å². The van der Waals surface area contributed by atoms with Crippen LogP contribution in [0.1, 0.15) is 23.2 Å². The molecule has 1 fully saturated rings. The van der Waals surface area contributed by atoms with E-state index in [9.17, 15) is 4.79 Å². The van der Waals surface area contributed by atoms with Crippen LogP contribution < -0.4 is 15.5 Å². The van der Waals surface area contributed by atoms with E-state index in [0.29, 0.717) is 23.7 Å². The Bertz CT molecular complexity index is 703. The molecule has 1 aliphatic rings. The maximum absolute atomic E-state index is 12.0. The predicted octanol–water partition coefficient (Wildman–Crippen LogP) is 2.57. The minimum atomic E-state index is -0.139. The summed E-state index contributed by atoms with van der Waals surface area (Å²) in [4.78, 5) is 22.8. The smallest absolute Gasteiger partial charge is 0.251 e. The molecule has 1 aromatic heterocycles. The number of carbonyl (C=O) groups is 1. The van der Waals surface area contributed by atoms with Crippen LogP contribution in [0.2, 0.25) is 5.02 Å². The van der Waals surface area contributed by atoms with Gasteiger partial charge in [0.25, 0.3) is 5.91 Å². The van der Waals surface area contributed by atoms with Crippen molar-refractivity contribution < 1.29 is 4.79 Å². The van der Waals surface area contributed by atoms with Gasteiger partial charge >= 0.3 is 0 Å². The number of benzene rings is 1. The zero-order valence-corrected chi connectivity index (χ0v) is 14.1. The van der Waals surface area contributed by atoms with E-state index in [2.05, 4.69) is 25.5 Å². The third-order valence-corrected chi connectivity index (χ3v) is 4.12. The van der Waals surface area contributed by atoms with Gasteiger partial charge in [-0.1, -0.05) is 17.7 Å². The molecule has 126 valence electrons. The van der Waals surface area contributed by atoms with E-state index in [1.54, 1.807) is 30.6 Å². The molecule has 1 aliphatic heterocycles. The Kier molecular flexibility index (Phi) is 5.48. The quantitative estimate of drug-likeness (QED) is 0.787. The van der Waals surface area contributed by atoms with Crippen LogP contribution in [-0.4, -0.2) is 42.1 Å². The Morgan fingerprint density at radius 1 is 1.17 bits per heavy atom. The first-order valence-corrected chi connectivity index (χ1v) is 8.45. The molecular weight excluding hydrogens is 326 g/mol. The van der Waals surface area contributed by atoms with E-state index in [1.807, 2.05) is 6.07 Å². The molecule has 0 unspecified atom stereocenters. The number of amides is 1. The number of halogens is 1. The van der Waals surface area contributed by atoms with Crippen molar-refractivity contribution in [2.45, 2.75) is 12.8 Å². The first-order chi connectivity index (χ1) is 11.7. The van der Waals surface area contributed by atoms with Gasteiger partial charge in [-0.25, -0.2) is 9.97 Å². The molecule has 1 saturated heterocycles. The highest BCUT2D eigenvalue weighted by Crippen LogP contribution is 2.19. The van der Waals surface area contributed by atoms with Gasteiger partial charge in [-0.2, -0.15) is 0 Å². The minimum Gasteiger partial charge on any atom is -0.368 e. The zero-order valence-electron chi connectivity index (χ0n) is 13.3. The number of hydrogen-bond acceptors (Lipinski definition) is 5. The number of carbonyl (C=O) groups excluding carboxylic acids is 1. The Balaban J connectivity index is 1.46. The van der Waals surface area contributed by atoms with Gasteiger partial charge in [0.15, 0.2) is 0 Å². The highest BCUT2D eigenvalue weighted by molar-refractivity contribution is 6.30. The molecule has 0 bridgehead atoms. The molecule has 7 heteroatoms. The molecule has 2 N–H and O–H groups in total. The van der Waals surface area contributed by atoms with Crippen molar-refractivity contribution in [2.75, 3.05) is 36.4 Å². The Morgan fingerprint density at radius 3 is 2.79 bits per heavy atom. The molecule has 24 heavy (non-hydrogen) atoms. The van der Waals surface area contributed by atoms with E-state index in [0.717, 1.165) is 24.7 Å². The fourth-order valence-corrected chi connectivity index (χ4v) is 2.85. The fraction of sp³-hybridized carbons (Fsp3) is 0.353. The van der Waals surface area contributed by atoms with E-state index in [4.69, 9.17) is 11.6 Å². The van der Waals surface area contributed by atoms with E-state index < -0.39 is 0 Å². The highest BCUT2D eigenvalue weighted by atomic mass is 35.5. The molecule has 0 atom stereocenters. The van der Waals surface area contributed by atoms with Crippen molar-refractivity contribution in [3.63, 3.8) is 0 Å². The Morgan fingerprint density at radius 2 is 2.00 bits per heavy atom. The van der Waals surface area contributed by atoms with Crippen molar-refractivity contribution in [1.29, 1.82) is 0 Å². The summed E-state index contributed by atoms with van der Waals surface area (Å²) in [6.07, 6.45) is 3.99. The number of rotatable bonds is 6. The molecule has 0 saturated carbocycles. The molecule has 0 aliphatic carbocycles. The molecule has 2 heterocycles. The summed E-state index contributed by atoms with van der Waals surface area (Å²) in [5.74, 6) is 1.58. The van der Waals surface area contributed by atoms with Crippen LogP contribution in [0.25, 0.3) is 0 Å². The van der Waals surface area contributed by atoms with E-state index in [-0.39, 0.29) is 5.91 Å². The summed E-state index contributed by atoms with van der Waals surface area (Å²) >= 11 is 5.89. The van der Waals surface area contributed by atoms with Crippen LogP contribution in [0.15, 0.2) is 36.7 Å². The van der Waals surface area contributed by atoms with Gasteiger partial charge in [0.05, 0.1) is 0 Å². The monoisotopic (exact) mass is 345 g/mol. The number of anilines is 2. The Labute approximate surface area is 146 Å². The molecule has 3 rings (SSSR count). The van der Waals surface area contributed by atoms with E-state index >= 15 is 0 Å². The lowest BCUT2D eigenvalue weighted by atomic mass is 10.2. The molecule has 6 nitrogen and oxygen atoms in total. The predicted molar refractivity (Wildman–Crippen MR) is 95.8 cm³/mol. The fourth-order valence-electron chi connectivity index (χ4n) is 2.66. The average molecular weight is 346 g/mol. The van der Waals surface area contributed by atoms with Gasteiger partial charge in [0.1, 0.15) is 18.0 Å². The molecule has 1 aromatic carbocycles. The second-order valence-corrected chi connectivity index (χ2v) is 6.09. The van der Waals surface area contributed by atoms with Gasteiger partial charge in [0, 0.05) is 42.8 Å². The van der Waals surface area contributed by atoms with Crippen LogP contribution in [0.4, 0.5) is 11.6 Å². The largest absolute Gasteiger partial charge is 0.368 e. The first kappa shape index (κ1) is 16.5. The van der Waals surface area contributed by atoms with Crippen molar-refractivity contribution in [3.05, 3.63) is 47.2 Å². The summed E-state index contributed by atoms with van der Waals surface area (Å²) in [5.41, 5.74) is 0.556. The van der Waals surface area contributed by atoms with E-state index in [1.165, 1.54) is 12.8 Å². The SMILES string of the molecule is O=C(NCCNc1cc(N2CCCC2)ncn1)c1cccc(Cl)c1. The van der Waals surface area contributed by atoms with Gasteiger partial charge in [-0.15, -0.1) is 0 Å². The van der Waals surface area contributed by atoms with Crippen molar-refractivity contribution in [1.82, 2.24) is 15.3 Å². The molecule has 0 spiro atoms. The molecule has 0 radical (unpaired) electrons. The van der Waals surface area contributed by atoms with Crippen LogP contribution in [0.3, 0.4) is 0 Å². The van der Waals surface area contributed by atoms with Gasteiger partial charge in [0.2, 0.25) is 0 Å². The zero-order chi connectivity index (χ0) is 16.8. The average Bonchev–Trinajstić information content (AvgIpc) is 3.13. The van der Waals surface area contributed by atoms with Crippen LogP contribution in [0, 0.1) is 0 Å². The third kappa shape index (κ3) is 4.35. The van der Waals surface area contributed by atoms with Gasteiger partial charge < -0.3 is 15.5 Å². The Hall–Kier alpha value is -2.34. The second-order valence-electron chi connectivity index (χ2n) is 5.65. The van der Waals surface area contributed by atoms with Crippen LogP contribution in [-0.2, 0) is 0 Å². The maximum Gasteiger partial charge on any atom is 0.251 e. The summed E-state index contributed by atoms with van der Waals surface area (Å²) < 4.78 is 0. The molecular formula is C17H20ClN5O. The standard InChI is InChI=1S/C17H20ClN5O/c18-14-5-3-4-13(10-14)17(24)20-7-6-19-15-11-16(22-12-21-15)23-8-1-2-9-23/h3-5,10-12H,1-2,6-9H2,(H,20,24)(H,19,21,22). The maximum atomic E-state index is 12.0. The van der Waals surface area contributed by atoms with Crippen LogP contribution >= 0.6 is 11.6 Å². The first-order valence-electron chi connectivity index (χ1n) is 8.07. The normalized spacial score (nSPS) is 13.8. The summed E-state index contributed by atoms with van der Waals surface area (Å²) in [6.45, 7) is 3.18. The summed E-state index contributed by atoms with van der Waals surface area (Å²) in [7, 11) is 0. The lowest BCUT2D eigenvalue weighted by Gasteiger charge is -2.16. The van der Waals surface area contributed by atoms with Crippen molar-refractivity contribution >= 4 is 29.1 Å². The van der Waals surface area contributed by atoms with Crippen molar-refractivity contribution in [3.8, 4) is 0 Å². The number of nitrogens with zero attached hydrogens (tertiary/aromatic N) is 3. The summed E-state index contributed by atoms with van der Waals surface area (Å²) in [6, 6.07) is 8.84. The number of aromatic nitrogens is 2. The van der Waals surface area contributed by atoms with Crippen LogP contribution in [0.5, 0.6) is 0 Å². The highest BCUT2D eigenvalue weighted by Gasteiger charge is 2.13. The minimum absolute atomic E-state index is 0.139. The third-order valence-electron chi connectivity index (χ3n) is 3.89. The molecule has 2 aromatic rings. The van der Waals surface area contributed by atoms with Crippen molar-refractivity contribution in [2.24, 2.45) is 0 Å².